The summed E-state index contributed by atoms with van der Waals surface area (Å²) in [5.74, 6) is -1.35. The molecule has 1 aromatic rings. The third kappa shape index (κ3) is 4.26. The van der Waals surface area contributed by atoms with Crippen LogP contribution >= 0.6 is 11.6 Å². The molecule has 0 heterocycles. The van der Waals surface area contributed by atoms with Crippen LogP contribution in [-0.2, 0) is 11.2 Å². The minimum atomic E-state index is -0.699. The van der Waals surface area contributed by atoms with E-state index in [0.29, 0.717) is 12.3 Å². The van der Waals surface area contributed by atoms with Crippen molar-refractivity contribution in [1.82, 2.24) is 5.32 Å². The molecule has 0 aliphatic rings. The molecule has 0 spiro atoms. The van der Waals surface area contributed by atoms with Crippen LogP contribution < -0.4 is 5.32 Å². The molecule has 1 amide bonds. The van der Waals surface area contributed by atoms with Gasteiger partial charge in [0.1, 0.15) is 11.6 Å². The topological polar surface area (TPSA) is 29.1 Å². The van der Waals surface area contributed by atoms with E-state index in [9.17, 15) is 13.6 Å². The number of carbonyl (C=O) groups is 1. The van der Waals surface area contributed by atoms with Crippen LogP contribution in [0.25, 0.3) is 0 Å². The Morgan fingerprint density at radius 2 is 2.00 bits per heavy atom. The van der Waals surface area contributed by atoms with Gasteiger partial charge in [0, 0.05) is 17.5 Å². The molecule has 0 fully saturated rings. The highest BCUT2D eigenvalue weighted by atomic mass is 35.5. The first kappa shape index (κ1) is 14.9. The number of halogens is 3. The average molecular weight is 276 g/mol. The van der Waals surface area contributed by atoms with Crippen molar-refractivity contribution in [3.8, 4) is 0 Å². The number of rotatable bonds is 6. The van der Waals surface area contributed by atoms with Gasteiger partial charge in [0.15, 0.2) is 0 Å². The van der Waals surface area contributed by atoms with E-state index in [4.69, 9.17) is 11.6 Å². The van der Waals surface area contributed by atoms with Crippen LogP contribution in [0.15, 0.2) is 18.2 Å². The molecule has 1 aromatic carbocycles. The average Bonchev–Trinajstić information content (AvgIpc) is 2.33. The number of hydrogen-bond donors (Lipinski definition) is 1. The predicted octanol–water partition coefficient (Wildman–Crippen LogP) is 3.03. The van der Waals surface area contributed by atoms with Gasteiger partial charge in [-0.2, -0.15) is 0 Å². The van der Waals surface area contributed by atoms with Crippen molar-refractivity contribution in [3.05, 3.63) is 35.4 Å². The van der Waals surface area contributed by atoms with E-state index < -0.39 is 17.5 Å². The van der Waals surface area contributed by atoms with Crippen molar-refractivity contribution in [2.24, 2.45) is 0 Å². The molecule has 0 aromatic heterocycles. The lowest BCUT2D eigenvalue weighted by Crippen LogP contribution is -2.36. The van der Waals surface area contributed by atoms with Crippen LogP contribution in [0.4, 0.5) is 8.78 Å². The van der Waals surface area contributed by atoms with Gasteiger partial charge in [0.05, 0.1) is 6.42 Å². The molecule has 1 N–H and O–H groups in total. The lowest BCUT2D eigenvalue weighted by Gasteiger charge is -2.15. The fourth-order valence-corrected chi connectivity index (χ4v) is 1.91. The second-order valence-corrected chi connectivity index (χ2v) is 4.41. The van der Waals surface area contributed by atoms with Crippen LogP contribution in [-0.4, -0.2) is 17.8 Å². The van der Waals surface area contributed by atoms with Crippen molar-refractivity contribution >= 4 is 17.5 Å². The summed E-state index contributed by atoms with van der Waals surface area (Å²) in [6, 6.07) is 3.50. The first-order valence-corrected chi connectivity index (χ1v) is 6.40. The standard InChI is InChI=1S/C13H16ClF2NO/c1-2-9(6-7-14)17-13(18)8-10-11(15)4-3-5-12(10)16/h3-5,9H,2,6-8H2,1H3,(H,17,18). The predicted molar refractivity (Wildman–Crippen MR) is 67.6 cm³/mol. The number of carbonyl (C=O) groups excluding carboxylic acids is 1. The smallest absolute Gasteiger partial charge is 0.224 e. The van der Waals surface area contributed by atoms with Gasteiger partial charge in [0.25, 0.3) is 0 Å². The molecular formula is C13H16ClF2NO. The second-order valence-electron chi connectivity index (χ2n) is 4.03. The Morgan fingerprint density at radius 1 is 1.39 bits per heavy atom. The monoisotopic (exact) mass is 275 g/mol. The van der Waals surface area contributed by atoms with E-state index in [0.717, 1.165) is 18.6 Å². The van der Waals surface area contributed by atoms with Gasteiger partial charge in [-0.3, -0.25) is 4.79 Å². The quantitative estimate of drug-likeness (QED) is 0.795. The van der Waals surface area contributed by atoms with Crippen LogP contribution in [0.5, 0.6) is 0 Å². The Bertz CT molecular complexity index is 392. The van der Waals surface area contributed by atoms with Gasteiger partial charge in [-0.25, -0.2) is 8.78 Å². The van der Waals surface area contributed by atoms with E-state index >= 15 is 0 Å². The SMILES string of the molecule is CCC(CCCl)NC(=O)Cc1c(F)cccc1F. The fourth-order valence-electron chi connectivity index (χ4n) is 1.65. The van der Waals surface area contributed by atoms with Gasteiger partial charge in [-0.15, -0.1) is 11.6 Å². The minimum absolute atomic E-state index is 0.0511. The maximum atomic E-state index is 13.3. The summed E-state index contributed by atoms with van der Waals surface area (Å²) in [6.45, 7) is 1.92. The lowest BCUT2D eigenvalue weighted by molar-refractivity contribution is -0.121. The van der Waals surface area contributed by atoms with Gasteiger partial charge in [0.2, 0.25) is 5.91 Å². The molecule has 0 bridgehead atoms. The summed E-state index contributed by atoms with van der Waals surface area (Å²) in [5, 5.41) is 2.71. The van der Waals surface area contributed by atoms with Crippen molar-refractivity contribution in [2.75, 3.05) is 5.88 Å². The molecule has 0 saturated heterocycles. The van der Waals surface area contributed by atoms with E-state index in [2.05, 4.69) is 5.32 Å². The lowest BCUT2D eigenvalue weighted by atomic mass is 10.1. The molecule has 5 heteroatoms. The van der Waals surface area contributed by atoms with Crippen molar-refractivity contribution < 1.29 is 13.6 Å². The summed E-state index contributed by atoms with van der Waals surface area (Å²) in [6.07, 6.45) is 1.08. The van der Waals surface area contributed by atoms with Crippen molar-refractivity contribution in [3.63, 3.8) is 0 Å². The zero-order valence-electron chi connectivity index (χ0n) is 10.2. The van der Waals surface area contributed by atoms with Crippen molar-refractivity contribution in [2.45, 2.75) is 32.2 Å². The first-order valence-electron chi connectivity index (χ1n) is 5.86. The highest BCUT2D eigenvalue weighted by Crippen LogP contribution is 2.13. The summed E-state index contributed by atoms with van der Waals surface area (Å²) >= 11 is 5.60. The normalized spacial score (nSPS) is 12.2. The van der Waals surface area contributed by atoms with Crippen molar-refractivity contribution in [1.29, 1.82) is 0 Å². The van der Waals surface area contributed by atoms with E-state index in [1.54, 1.807) is 0 Å². The molecule has 1 unspecified atom stereocenters. The van der Waals surface area contributed by atoms with Crippen LogP contribution in [0.3, 0.4) is 0 Å². The summed E-state index contributed by atoms with van der Waals surface area (Å²) in [4.78, 5) is 11.7. The Morgan fingerprint density at radius 3 is 2.50 bits per heavy atom. The number of benzene rings is 1. The molecule has 2 nitrogen and oxygen atoms in total. The minimum Gasteiger partial charge on any atom is -0.353 e. The Kier molecular flexibility index (Phi) is 6.05. The number of nitrogens with one attached hydrogen (secondary N) is 1. The third-order valence-corrected chi connectivity index (χ3v) is 2.93. The molecular weight excluding hydrogens is 260 g/mol. The highest BCUT2D eigenvalue weighted by molar-refractivity contribution is 6.17. The van der Waals surface area contributed by atoms with Gasteiger partial charge in [-0.1, -0.05) is 13.0 Å². The third-order valence-electron chi connectivity index (χ3n) is 2.71. The summed E-state index contributed by atoms with van der Waals surface area (Å²) < 4.78 is 26.7. The largest absolute Gasteiger partial charge is 0.353 e. The molecule has 0 saturated carbocycles. The van der Waals surface area contributed by atoms with Gasteiger partial charge >= 0.3 is 0 Å². The Hall–Kier alpha value is -1.16. The molecule has 100 valence electrons. The number of amides is 1. The molecule has 1 rings (SSSR count). The maximum absolute atomic E-state index is 13.3. The van der Waals surface area contributed by atoms with Gasteiger partial charge in [-0.05, 0) is 25.0 Å². The summed E-state index contributed by atoms with van der Waals surface area (Å²) in [7, 11) is 0. The summed E-state index contributed by atoms with van der Waals surface area (Å²) in [5.41, 5.74) is -0.198. The molecule has 0 radical (unpaired) electrons. The fraction of sp³-hybridized carbons (Fsp3) is 0.462. The van der Waals surface area contributed by atoms with Crippen LogP contribution in [0.2, 0.25) is 0 Å². The first-order chi connectivity index (χ1) is 8.58. The zero-order chi connectivity index (χ0) is 13.5. The Balaban J connectivity index is 2.64. The molecule has 0 aliphatic heterocycles. The van der Waals surface area contributed by atoms with Gasteiger partial charge < -0.3 is 5.32 Å². The second kappa shape index (κ2) is 7.31. The Labute approximate surface area is 110 Å². The van der Waals surface area contributed by atoms with Crippen LogP contribution in [0, 0.1) is 11.6 Å². The molecule has 18 heavy (non-hydrogen) atoms. The van der Waals surface area contributed by atoms with E-state index in [1.165, 1.54) is 6.07 Å². The van der Waals surface area contributed by atoms with E-state index in [-0.39, 0.29) is 18.0 Å². The zero-order valence-corrected chi connectivity index (χ0v) is 10.9. The number of hydrogen-bond acceptors (Lipinski definition) is 1. The highest BCUT2D eigenvalue weighted by Gasteiger charge is 2.15. The molecule has 0 aliphatic carbocycles. The van der Waals surface area contributed by atoms with E-state index in [1.807, 2.05) is 6.92 Å². The molecule has 1 atom stereocenters. The maximum Gasteiger partial charge on any atom is 0.224 e. The van der Waals surface area contributed by atoms with Crippen LogP contribution in [0.1, 0.15) is 25.3 Å². The number of alkyl halides is 1.